The summed E-state index contributed by atoms with van der Waals surface area (Å²) in [5.41, 5.74) is 5.56. The predicted octanol–water partition coefficient (Wildman–Crippen LogP) is 0.509. The van der Waals surface area contributed by atoms with Gasteiger partial charge in [0.1, 0.15) is 0 Å². The van der Waals surface area contributed by atoms with Crippen molar-refractivity contribution in [1.82, 2.24) is 5.32 Å². The second-order valence-electron chi connectivity index (χ2n) is 4.92. The van der Waals surface area contributed by atoms with Crippen LogP contribution in [-0.4, -0.2) is 45.1 Å². The Morgan fingerprint density at radius 2 is 2.00 bits per heavy atom. The Morgan fingerprint density at radius 1 is 1.19 bits per heavy atom. The summed E-state index contributed by atoms with van der Waals surface area (Å²) in [7, 11) is 0. The molecule has 1 aliphatic heterocycles. The average Bonchev–Trinajstić information content (AvgIpc) is 3.01. The summed E-state index contributed by atoms with van der Waals surface area (Å²) in [4.78, 5) is 0. The monoisotopic (exact) mass is 228 g/mol. The van der Waals surface area contributed by atoms with Gasteiger partial charge in [-0.25, -0.2) is 0 Å². The van der Waals surface area contributed by atoms with Crippen LogP contribution in [0.1, 0.15) is 25.7 Å². The van der Waals surface area contributed by atoms with Crippen molar-refractivity contribution in [2.24, 2.45) is 11.7 Å². The second kappa shape index (κ2) is 6.55. The highest BCUT2D eigenvalue weighted by Crippen LogP contribution is 2.28. The first-order chi connectivity index (χ1) is 7.88. The van der Waals surface area contributed by atoms with Gasteiger partial charge in [0.15, 0.2) is 0 Å². The van der Waals surface area contributed by atoms with Crippen LogP contribution >= 0.6 is 0 Å². The molecule has 1 heterocycles. The third kappa shape index (κ3) is 4.37. The van der Waals surface area contributed by atoms with Crippen LogP contribution in [0.25, 0.3) is 0 Å². The molecule has 0 aromatic rings. The van der Waals surface area contributed by atoms with E-state index in [1.54, 1.807) is 0 Å². The third-order valence-corrected chi connectivity index (χ3v) is 3.30. The lowest BCUT2D eigenvalue weighted by atomic mass is 10.2. The molecule has 4 nitrogen and oxygen atoms in total. The molecule has 2 rings (SSSR count). The summed E-state index contributed by atoms with van der Waals surface area (Å²) in [6.45, 7) is 4.30. The minimum atomic E-state index is 0.290. The molecule has 0 aromatic carbocycles. The van der Waals surface area contributed by atoms with E-state index in [9.17, 15) is 0 Å². The van der Waals surface area contributed by atoms with Gasteiger partial charge in [0.25, 0.3) is 0 Å². The van der Waals surface area contributed by atoms with Crippen LogP contribution in [0.4, 0.5) is 0 Å². The molecule has 2 aliphatic rings. The molecule has 1 saturated carbocycles. The summed E-state index contributed by atoms with van der Waals surface area (Å²) >= 11 is 0. The van der Waals surface area contributed by atoms with Crippen molar-refractivity contribution in [3.05, 3.63) is 0 Å². The number of nitrogens with two attached hydrogens (primary N) is 1. The molecule has 4 heteroatoms. The second-order valence-corrected chi connectivity index (χ2v) is 4.92. The van der Waals surface area contributed by atoms with E-state index in [0.717, 1.165) is 45.1 Å². The van der Waals surface area contributed by atoms with Gasteiger partial charge in [-0.2, -0.15) is 0 Å². The highest BCUT2D eigenvalue weighted by molar-refractivity contribution is 4.75. The van der Waals surface area contributed by atoms with Crippen molar-refractivity contribution in [2.45, 2.75) is 37.9 Å². The fraction of sp³-hybridized carbons (Fsp3) is 1.00. The zero-order valence-electron chi connectivity index (χ0n) is 9.99. The molecule has 2 unspecified atom stereocenters. The summed E-state index contributed by atoms with van der Waals surface area (Å²) < 4.78 is 11.3. The van der Waals surface area contributed by atoms with E-state index in [4.69, 9.17) is 15.2 Å². The lowest BCUT2D eigenvalue weighted by Gasteiger charge is -2.13. The van der Waals surface area contributed by atoms with Crippen molar-refractivity contribution < 1.29 is 9.47 Å². The van der Waals surface area contributed by atoms with Crippen LogP contribution in [0.15, 0.2) is 0 Å². The maximum atomic E-state index is 5.74. The molecule has 2 atom stereocenters. The van der Waals surface area contributed by atoms with Crippen molar-refractivity contribution in [3.8, 4) is 0 Å². The molecule has 94 valence electrons. The Balaban J connectivity index is 1.39. The van der Waals surface area contributed by atoms with Crippen molar-refractivity contribution in [1.29, 1.82) is 0 Å². The Morgan fingerprint density at radius 3 is 2.69 bits per heavy atom. The number of rotatable bonds is 8. The highest BCUT2D eigenvalue weighted by atomic mass is 16.5. The van der Waals surface area contributed by atoms with Gasteiger partial charge in [-0.1, -0.05) is 0 Å². The molecule has 3 N–H and O–H groups in total. The van der Waals surface area contributed by atoms with Gasteiger partial charge in [-0.15, -0.1) is 0 Å². The predicted molar refractivity (Wildman–Crippen MR) is 63.4 cm³/mol. The quantitative estimate of drug-likeness (QED) is 0.594. The van der Waals surface area contributed by atoms with Crippen molar-refractivity contribution >= 4 is 0 Å². The molecule has 0 bridgehead atoms. The van der Waals surface area contributed by atoms with Gasteiger partial charge < -0.3 is 20.5 Å². The Kier molecular flexibility index (Phi) is 5.03. The van der Waals surface area contributed by atoms with E-state index in [1.165, 1.54) is 12.8 Å². The summed E-state index contributed by atoms with van der Waals surface area (Å²) in [5, 5.41) is 3.38. The first kappa shape index (κ1) is 12.3. The highest BCUT2D eigenvalue weighted by Gasteiger charge is 2.23. The molecule has 0 amide bonds. The minimum absolute atomic E-state index is 0.290. The molecule has 0 radical (unpaired) electrons. The van der Waals surface area contributed by atoms with Crippen LogP contribution in [0.5, 0.6) is 0 Å². The molecule has 0 aromatic heterocycles. The van der Waals surface area contributed by atoms with Crippen LogP contribution in [0.2, 0.25) is 0 Å². The lowest BCUT2D eigenvalue weighted by Crippen LogP contribution is -2.31. The summed E-state index contributed by atoms with van der Waals surface area (Å²) in [5.74, 6) is 0.864. The number of ether oxygens (including phenoxy) is 2. The number of hydrogen-bond donors (Lipinski definition) is 2. The fourth-order valence-corrected chi connectivity index (χ4v) is 2.05. The molecule has 2 fully saturated rings. The summed E-state index contributed by atoms with van der Waals surface area (Å²) in [6, 6.07) is 0. The van der Waals surface area contributed by atoms with Crippen LogP contribution in [0.3, 0.4) is 0 Å². The van der Waals surface area contributed by atoms with E-state index in [2.05, 4.69) is 5.32 Å². The zero-order chi connectivity index (χ0) is 11.2. The SMILES string of the molecule is NCC1CCC(CNCCOCC2CC2)O1. The van der Waals surface area contributed by atoms with Gasteiger partial charge in [0.2, 0.25) is 0 Å². The van der Waals surface area contributed by atoms with Crippen LogP contribution < -0.4 is 11.1 Å². The first-order valence-electron chi connectivity index (χ1n) is 6.52. The standard InChI is InChI=1S/C12H24N2O2/c13-7-11-3-4-12(16-11)8-14-5-6-15-9-10-1-2-10/h10-12,14H,1-9,13H2. The Bertz CT molecular complexity index is 197. The van der Waals surface area contributed by atoms with Crippen molar-refractivity contribution in [2.75, 3.05) is 32.8 Å². The van der Waals surface area contributed by atoms with E-state index in [-0.39, 0.29) is 6.10 Å². The molecule has 0 spiro atoms. The molecular formula is C12H24N2O2. The van der Waals surface area contributed by atoms with E-state index in [0.29, 0.717) is 12.6 Å². The van der Waals surface area contributed by atoms with E-state index < -0.39 is 0 Å². The van der Waals surface area contributed by atoms with Gasteiger partial charge in [-0.3, -0.25) is 0 Å². The Hall–Kier alpha value is -0.160. The van der Waals surface area contributed by atoms with Crippen LogP contribution in [0, 0.1) is 5.92 Å². The number of nitrogens with one attached hydrogen (secondary N) is 1. The van der Waals surface area contributed by atoms with Gasteiger partial charge in [-0.05, 0) is 31.6 Å². The van der Waals surface area contributed by atoms with Gasteiger partial charge in [0.05, 0.1) is 18.8 Å². The Labute approximate surface area is 97.9 Å². The molecular weight excluding hydrogens is 204 g/mol. The fourth-order valence-electron chi connectivity index (χ4n) is 2.05. The van der Waals surface area contributed by atoms with Crippen molar-refractivity contribution in [3.63, 3.8) is 0 Å². The van der Waals surface area contributed by atoms with Crippen LogP contribution in [-0.2, 0) is 9.47 Å². The first-order valence-corrected chi connectivity index (χ1v) is 6.52. The lowest BCUT2D eigenvalue weighted by molar-refractivity contribution is 0.0485. The number of hydrogen-bond acceptors (Lipinski definition) is 4. The average molecular weight is 228 g/mol. The smallest absolute Gasteiger partial charge is 0.0704 e. The van der Waals surface area contributed by atoms with Gasteiger partial charge >= 0.3 is 0 Å². The maximum absolute atomic E-state index is 5.74. The minimum Gasteiger partial charge on any atom is -0.380 e. The normalized spacial score (nSPS) is 29.8. The molecule has 1 aliphatic carbocycles. The molecule has 16 heavy (non-hydrogen) atoms. The zero-order valence-corrected chi connectivity index (χ0v) is 9.99. The van der Waals surface area contributed by atoms with E-state index in [1.807, 2.05) is 0 Å². The topological polar surface area (TPSA) is 56.5 Å². The summed E-state index contributed by atoms with van der Waals surface area (Å²) in [6.07, 6.45) is 5.63. The van der Waals surface area contributed by atoms with E-state index >= 15 is 0 Å². The molecule has 1 saturated heterocycles. The maximum Gasteiger partial charge on any atom is 0.0704 e. The third-order valence-electron chi connectivity index (χ3n) is 3.30. The largest absolute Gasteiger partial charge is 0.380 e. The van der Waals surface area contributed by atoms with Gasteiger partial charge in [0, 0.05) is 26.2 Å².